The lowest BCUT2D eigenvalue weighted by Crippen LogP contribution is -2.11. The number of hydrogen-bond donors (Lipinski definition) is 0. The van der Waals surface area contributed by atoms with Gasteiger partial charge < -0.3 is 4.74 Å². The molecule has 23 heavy (non-hydrogen) atoms. The highest BCUT2D eigenvalue weighted by Crippen LogP contribution is 2.57. The molecule has 0 aliphatic heterocycles. The summed E-state index contributed by atoms with van der Waals surface area (Å²) >= 11 is 0. The van der Waals surface area contributed by atoms with E-state index in [2.05, 4.69) is 31.7 Å². The first-order valence-electron chi connectivity index (χ1n) is 7.92. The van der Waals surface area contributed by atoms with Gasteiger partial charge in [0.05, 0.1) is 5.92 Å². The molecule has 1 fully saturated rings. The van der Waals surface area contributed by atoms with Crippen molar-refractivity contribution in [3.8, 4) is 11.1 Å². The fourth-order valence-electron chi connectivity index (χ4n) is 3.08. The minimum absolute atomic E-state index is 0.113. The van der Waals surface area contributed by atoms with Crippen LogP contribution in [0.25, 0.3) is 11.1 Å². The summed E-state index contributed by atoms with van der Waals surface area (Å²) in [5.74, 6) is -0.315. The Balaban J connectivity index is 1.75. The highest BCUT2D eigenvalue weighted by Gasteiger charge is 2.56. The highest BCUT2D eigenvalue weighted by atomic mass is 16.5. The topological polar surface area (TPSA) is 26.3 Å². The van der Waals surface area contributed by atoms with Gasteiger partial charge in [0.1, 0.15) is 6.61 Å². The van der Waals surface area contributed by atoms with Gasteiger partial charge in [0, 0.05) is 5.41 Å². The molecule has 2 aromatic carbocycles. The van der Waals surface area contributed by atoms with Crippen LogP contribution in [0.1, 0.15) is 25.0 Å². The Hall–Kier alpha value is -2.35. The molecule has 0 bridgehead atoms. The molecule has 2 aromatic rings. The lowest BCUT2D eigenvalue weighted by atomic mass is 9.97. The SMILES string of the molecule is C=C1C(C(=O)OCc2cccc(-c3ccccc3)c2C)C1(C)C. The van der Waals surface area contributed by atoms with Crippen LogP contribution in [0, 0.1) is 18.3 Å². The first-order chi connectivity index (χ1) is 10.9. The smallest absolute Gasteiger partial charge is 0.314 e. The van der Waals surface area contributed by atoms with Crippen LogP contribution in [-0.2, 0) is 16.1 Å². The van der Waals surface area contributed by atoms with Gasteiger partial charge in [-0.3, -0.25) is 4.79 Å². The van der Waals surface area contributed by atoms with Crippen molar-refractivity contribution in [2.75, 3.05) is 0 Å². The van der Waals surface area contributed by atoms with E-state index in [4.69, 9.17) is 4.74 Å². The molecule has 0 aromatic heterocycles. The second kappa shape index (κ2) is 5.69. The van der Waals surface area contributed by atoms with E-state index in [-0.39, 0.29) is 17.3 Å². The van der Waals surface area contributed by atoms with Crippen LogP contribution in [0.2, 0.25) is 0 Å². The van der Waals surface area contributed by atoms with Crippen LogP contribution in [0.15, 0.2) is 60.7 Å². The summed E-state index contributed by atoms with van der Waals surface area (Å²) in [4.78, 5) is 12.2. The van der Waals surface area contributed by atoms with Crippen molar-refractivity contribution in [3.05, 3.63) is 71.8 Å². The largest absolute Gasteiger partial charge is 0.460 e. The maximum absolute atomic E-state index is 12.2. The minimum Gasteiger partial charge on any atom is -0.460 e. The average molecular weight is 306 g/mol. The van der Waals surface area contributed by atoms with E-state index < -0.39 is 0 Å². The van der Waals surface area contributed by atoms with Crippen molar-refractivity contribution in [3.63, 3.8) is 0 Å². The first kappa shape index (κ1) is 15.5. The van der Waals surface area contributed by atoms with Crippen molar-refractivity contribution in [2.24, 2.45) is 11.3 Å². The summed E-state index contributed by atoms with van der Waals surface area (Å²) in [6, 6.07) is 16.4. The zero-order chi connectivity index (χ0) is 16.6. The van der Waals surface area contributed by atoms with Gasteiger partial charge in [-0.05, 0) is 29.2 Å². The summed E-state index contributed by atoms with van der Waals surface area (Å²) in [5, 5.41) is 0. The van der Waals surface area contributed by atoms with Gasteiger partial charge in [-0.15, -0.1) is 0 Å². The molecular formula is C21H22O2. The highest BCUT2D eigenvalue weighted by molar-refractivity contribution is 5.83. The van der Waals surface area contributed by atoms with Crippen molar-refractivity contribution in [1.29, 1.82) is 0 Å². The van der Waals surface area contributed by atoms with Crippen molar-refractivity contribution in [1.82, 2.24) is 0 Å². The second-order valence-electron chi connectivity index (χ2n) is 6.74. The molecule has 2 nitrogen and oxygen atoms in total. The first-order valence-corrected chi connectivity index (χ1v) is 7.92. The lowest BCUT2D eigenvalue weighted by molar-refractivity contribution is -0.147. The van der Waals surface area contributed by atoms with Crippen LogP contribution in [0.4, 0.5) is 0 Å². The molecule has 1 aliphatic rings. The van der Waals surface area contributed by atoms with E-state index in [0.29, 0.717) is 6.61 Å². The molecule has 1 aliphatic carbocycles. The number of hydrogen-bond acceptors (Lipinski definition) is 2. The Morgan fingerprint density at radius 1 is 1.13 bits per heavy atom. The predicted octanol–water partition coefficient (Wildman–Crippen LogP) is 4.92. The van der Waals surface area contributed by atoms with Gasteiger partial charge in [0.25, 0.3) is 0 Å². The quantitative estimate of drug-likeness (QED) is 0.592. The average Bonchev–Trinajstić information content (AvgIpc) is 3.05. The van der Waals surface area contributed by atoms with Crippen molar-refractivity contribution >= 4 is 5.97 Å². The van der Waals surface area contributed by atoms with Crippen LogP contribution >= 0.6 is 0 Å². The summed E-state index contributed by atoms with van der Waals surface area (Å²) in [6.45, 7) is 10.4. The molecule has 0 radical (unpaired) electrons. The van der Waals surface area contributed by atoms with Crippen molar-refractivity contribution < 1.29 is 9.53 Å². The van der Waals surface area contributed by atoms with E-state index in [0.717, 1.165) is 16.7 Å². The molecule has 0 heterocycles. The molecular weight excluding hydrogens is 284 g/mol. The van der Waals surface area contributed by atoms with Gasteiger partial charge in [-0.25, -0.2) is 0 Å². The summed E-state index contributed by atoms with van der Waals surface area (Å²) in [7, 11) is 0. The Morgan fingerprint density at radius 2 is 1.78 bits per heavy atom. The van der Waals surface area contributed by atoms with Crippen LogP contribution < -0.4 is 0 Å². The summed E-state index contributed by atoms with van der Waals surface area (Å²) in [6.07, 6.45) is 0. The Labute approximate surface area is 137 Å². The Morgan fingerprint density at radius 3 is 2.39 bits per heavy atom. The molecule has 0 spiro atoms. The maximum Gasteiger partial charge on any atom is 0.314 e. The fraction of sp³-hybridized carbons (Fsp3) is 0.286. The van der Waals surface area contributed by atoms with E-state index in [1.807, 2.05) is 44.2 Å². The van der Waals surface area contributed by atoms with E-state index in [9.17, 15) is 4.79 Å². The van der Waals surface area contributed by atoms with Crippen molar-refractivity contribution in [2.45, 2.75) is 27.4 Å². The third-order valence-corrected chi connectivity index (χ3v) is 4.95. The second-order valence-corrected chi connectivity index (χ2v) is 6.74. The predicted molar refractivity (Wildman–Crippen MR) is 92.8 cm³/mol. The number of ether oxygens (including phenoxy) is 1. The zero-order valence-electron chi connectivity index (χ0n) is 13.9. The number of benzene rings is 2. The van der Waals surface area contributed by atoms with Crippen LogP contribution in [0.5, 0.6) is 0 Å². The third kappa shape index (κ3) is 2.81. The lowest BCUT2D eigenvalue weighted by Gasteiger charge is -2.12. The number of carbonyl (C=O) groups is 1. The van der Waals surface area contributed by atoms with Crippen LogP contribution in [0.3, 0.4) is 0 Å². The van der Waals surface area contributed by atoms with Crippen LogP contribution in [-0.4, -0.2) is 5.97 Å². The standard InChI is InChI=1S/C21H22O2/c1-14-17(13-23-20(22)19-15(2)21(19,3)4)11-8-12-18(14)16-9-6-5-7-10-16/h5-12,19H,2,13H2,1,3-4H3. The maximum atomic E-state index is 12.2. The molecule has 118 valence electrons. The van der Waals surface area contributed by atoms with Gasteiger partial charge in [0.15, 0.2) is 0 Å². The van der Waals surface area contributed by atoms with Gasteiger partial charge >= 0.3 is 5.97 Å². The number of rotatable bonds is 4. The fourth-order valence-corrected chi connectivity index (χ4v) is 3.08. The summed E-state index contributed by atoms with van der Waals surface area (Å²) in [5.41, 5.74) is 5.41. The van der Waals surface area contributed by atoms with Gasteiger partial charge in [0.2, 0.25) is 0 Å². The van der Waals surface area contributed by atoms with E-state index in [1.165, 1.54) is 11.1 Å². The van der Waals surface area contributed by atoms with E-state index in [1.54, 1.807) is 0 Å². The molecule has 1 atom stereocenters. The van der Waals surface area contributed by atoms with Gasteiger partial charge in [-0.2, -0.15) is 0 Å². The molecule has 0 amide bonds. The van der Waals surface area contributed by atoms with Gasteiger partial charge in [-0.1, -0.05) is 74.5 Å². The molecule has 3 rings (SSSR count). The van der Waals surface area contributed by atoms with E-state index >= 15 is 0 Å². The zero-order valence-corrected chi connectivity index (χ0v) is 13.9. The number of carbonyl (C=O) groups excluding carboxylic acids is 1. The molecule has 2 heteroatoms. The third-order valence-electron chi connectivity index (χ3n) is 4.95. The monoisotopic (exact) mass is 306 g/mol. The molecule has 0 N–H and O–H groups in total. The number of esters is 1. The Kier molecular flexibility index (Phi) is 3.85. The normalized spacial score (nSPS) is 18.6. The molecule has 1 saturated carbocycles. The minimum atomic E-state index is -0.162. The molecule has 0 saturated heterocycles. The molecule has 1 unspecified atom stereocenters. The Bertz CT molecular complexity index is 757. The summed E-state index contributed by atoms with van der Waals surface area (Å²) < 4.78 is 5.53.